The van der Waals surface area contributed by atoms with E-state index in [9.17, 15) is 9.59 Å². The smallest absolute Gasteiger partial charge is 0.338 e. The van der Waals surface area contributed by atoms with Crippen LogP contribution in [0.25, 0.3) is 0 Å². The van der Waals surface area contributed by atoms with Crippen molar-refractivity contribution in [3.63, 3.8) is 0 Å². The van der Waals surface area contributed by atoms with E-state index in [0.717, 1.165) is 0 Å². The Bertz CT molecular complexity index is 581. The van der Waals surface area contributed by atoms with E-state index in [2.05, 4.69) is 5.32 Å². The average Bonchev–Trinajstić information content (AvgIpc) is 2.44. The number of esters is 1. The van der Waals surface area contributed by atoms with E-state index in [4.69, 9.17) is 25.8 Å². The number of amides is 1. The highest BCUT2D eigenvalue weighted by Gasteiger charge is 2.19. The van der Waals surface area contributed by atoms with Gasteiger partial charge in [0.2, 0.25) is 0 Å². The minimum atomic E-state index is -0.669. The van der Waals surface area contributed by atoms with E-state index in [0.29, 0.717) is 18.1 Å². The first-order valence-electron chi connectivity index (χ1n) is 7.16. The molecule has 1 aromatic rings. The van der Waals surface area contributed by atoms with Gasteiger partial charge in [-0.3, -0.25) is 4.79 Å². The molecule has 0 aliphatic rings. The third-order valence-electron chi connectivity index (χ3n) is 2.60. The molecule has 23 heavy (non-hydrogen) atoms. The summed E-state index contributed by atoms with van der Waals surface area (Å²) in [5, 5.41) is 2.93. The molecule has 0 saturated heterocycles. The Kier molecular flexibility index (Phi) is 6.69. The SMILES string of the molecule is CCOc1c(Cl)cc(C(=O)OCC(=O)NC(C)(C)C)cc1OC. The molecule has 0 saturated carbocycles. The van der Waals surface area contributed by atoms with Crippen molar-refractivity contribution >= 4 is 23.5 Å². The fourth-order valence-electron chi connectivity index (χ4n) is 1.79. The molecule has 0 aliphatic carbocycles. The molecule has 1 aromatic carbocycles. The lowest BCUT2D eigenvalue weighted by Gasteiger charge is -2.20. The lowest BCUT2D eigenvalue weighted by Crippen LogP contribution is -2.42. The minimum absolute atomic E-state index is 0.180. The van der Waals surface area contributed by atoms with Crippen molar-refractivity contribution in [2.45, 2.75) is 33.2 Å². The molecule has 0 aliphatic heterocycles. The second-order valence-corrected chi connectivity index (χ2v) is 6.20. The Morgan fingerprint density at radius 2 is 1.91 bits per heavy atom. The minimum Gasteiger partial charge on any atom is -0.493 e. The molecule has 0 spiro atoms. The molecule has 128 valence electrons. The first kappa shape index (κ1) is 19.1. The standard InChI is InChI=1S/C16H22ClNO5/c1-6-22-14-11(17)7-10(8-12(14)21-5)15(20)23-9-13(19)18-16(2,3)4/h7-8H,6,9H2,1-5H3,(H,18,19). The third-order valence-corrected chi connectivity index (χ3v) is 2.88. The number of benzene rings is 1. The van der Waals surface area contributed by atoms with Crippen LogP contribution in [0.3, 0.4) is 0 Å². The first-order valence-corrected chi connectivity index (χ1v) is 7.54. The first-order chi connectivity index (χ1) is 10.7. The Hall–Kier alpha value is -1.95. The van der Waals surface area contributed by atoms with E-state index in [1.165, 1.54) is 19.2 Å². The summed E-state index contributed by atoms with van der Waals surface area (Å²) in [6.45, 7) is 7.36. The Labute approximate surface area is 141 Å². The number of rotatable bonds is 6. The monoisotopic (exact) mass is 343 g/mol. The molecule has 0 aromatic heterocycles. The second kappa shape index (κ2) is 8.06. The average molecular weight is 344 g/mol. The van der Waals surface area contributed by atoms with E-state index < -0.39 is 11.5 Å². The number of halogens is 1. The molecule has 1 rings (SSSR count). The van der Waals surface area contributed by atoms with E-state index >= 15 is 0 Å². The summed E-state index contributed by atoms with van der Waals surface area (Å²) >= 11 is 6.09. The van der Waals surface area contributed by atoms with Crippen LogP contribution in [0.1, 0.15) is 38.1 Å². The van der Waals surface area contributed by atoms with Gasteiger partial charge >= 0.3 is 5.97 Å². The second-order valence-electron chi connectivity index (χ2n) is 5.80. The van der Waals surface area contributed by atoms with E-state index in [1.54, 1.807) is 0 Å². The summed E-state index contributed by atoms with van der Waals surface area (Å²) in [6, 6.07) is 2.87. The van der Waals surface area contributed by atoms with Crippen LogP contribution in [-0.2, 0) is 9.53 Å². The van der Waals surface area contributed by atoms with Gasteiger partial charge in [0, 0.05) is 5.54 Å². The molecular weight excluding hydrogens is 322 g/mol. The van der Waals surface area contributed by atoms with Crippen LogP contribution in [-0.4, -0.2) is 37.7 Å². The maximum atomic E-state index is 12.0. The molecule has 0 fully saturated rings. The van der Waals surface area contributed by atoms with Gasteiger partial charge in [0.25, 0.3) is 5.91 Å². The highest BCUT2D eigenvalue weighted by atomic mass is 35.5. The number of carbonyl (C=O) groups excluding carboxylic acids is 2. The summed E-state index contributed by atoms with van der Waals surface area (Å²) in [5.41, 5.74) is -0.214. The molecule has 6 nitrogen and oxygen atoms in total. The quantitative estimate of drug-likeness (QED) is 0.804. The number of ether oxygens (including phenoxy) is 3. The van der Waals surface area contributed by atoms with E-state index in [-0.39, 0.29) is 23.1 Å². The molecule has 0 heterocycles. The summed E-state index contributed by atoms with van der Waals surface area (Å²) in [7, 11) is 1.44. The predicted octanol–water partition coefficient (Wildman–Crippen LogP) is 2.82. The van der Waals surface area contributed by atoms with Crippen LogP contribution in [0.15, 0.2) is 12.1 Å². The summed E-state index contributed by atoms with van der Waals surface area (Å²) in [6.07, 6.45) is 0. The van der Waals surface area contributed by atoms with E-state index in [1.807, 2.05) is 27.7 Å². The topological polar surface area (TPSA) is 73.9 Å². The zero-order chi connectivity index (χ0) is 17.6. The highest BCUT2D eigenvalue weighted by molar-refractivity contribution is 6.32. The summed E-state index contributed by atoms with van der Waals surface area (Å²) in [5.74, 6) is -0.365. The zero-order valence-corrected chi connectivity index (χ0v) is 14.7. The predicted molar refractivity (Wildman–Crippen MR) is 87.4 cm³/mol. The molecule has 0 atom stereocenters. The maximum absolute atomic E-state index is 12.0. The molecular formula is C16H22ClNO5. The van der Waals surface area contributed by atoms with Gasteiger partial charge in [-0.1, -0.05) is 11.6 Å². The van der Waals surface area contributed by atoms with Crippen molar-refractivity contribution in [1.82, 2.24) is 5.32 Å². The lowest BCUT2D eigenvalue weighted by atomic mass is 10.1. The normalized spacial score (nSPS) is 10.9. The van der Waals surface area contributed by atoms with Crippen molar-refractivity contribution < 1.29 is 23.8 Å². The van der Waals surface area contributed by atoms with Gasteiger partial charge < -0.3 is 19.5 Å². The molecule has 7 heteroatoms. The summed E-state index contributed by atoms with van der Waals surface area (Å²) < 4.78 is 15.5. The Morgan fingerprint density at radius 1 is 1.26 bits per heavy atom. The van der Waals surface area contributed by atoms with Crippen LogP contribution in [0.4, 0.5) is 0 Å². The van der Waals surface area contributed by atoms with Gasteiger partial charge in [-0.25, -0.2) is 4.79 Å². The Morgan fingerprint density at radius 3 is 2.43 bits per heavy atom. The van der Waals surface area contributed by atoms with Crippen molar-refractivity contribution in [1.29, 1.82) is 0 Å². The largest absolute Gasteiger partial charge is 0.493 e. The van der Waals surface area contributed by atoms with Gasteiger partial charge in [0.05, 0.1) is 24.3 Å². The number of nitrogens with one attached hydrogen (secondary N) is 1. The number of hydrogen-bond acceptors (Lipinski definition) is 5. The fraction of sp³-hybridized carbons (Fsp3) is 0.500. The number of hydrogen-bond donors (Lipinski definition) is 1. The van der Waals surface area contributed by atoms with Gasteiger partial charge in [0.15, 0.2) is 18.1 Å². The Balaban J connectivity index is 2.81. The van der Waals surface area contributed by atoms with Crippen LogP contribution in [0, 0.1) is 0 Å². The van der Waals surface area contributed by atoms with Gasteiger partial charge in [-0.15, -0.1) is 0 Å². The highest BCUT2D eigenvalue weighted by Crippen LogP contribution is 2.36. The number of methoxy groups -OCH3 is 1. The molecule has 0 radical (unpaired) electrons. The van der Waals surface area contributed by atoms with Crippen molar-refractivity contribution in [2.75, 3.05) is 20.3 Å². The molecule has 0 unspecified atom stereocenters. The lowest BCUT2D eigenvalue weighted by molar-refractivity contribution is -0.125. The fourth-order valence-corrected chi connectivity index (χ4v) is 2.06. The number of carbonyl (C=O) groups is 2. The summed E-state index contributed by atoms with van der Waals surface area (Å²) in [4.78, 5) is 23.7. The molecule has 1 amide bonds. The van der Waals surface area contributed by atoms with Crippen molar-refractivity contribution in [3.05, 3.63) is 22.7 Å². The zero-order valence-electron chi connectivity index (χ0n) is 14.0. The van der Waals surface area contributed by atoms with Crippen LogP contribution in [0.2, 0.25) is 5.02 Å². The molecule has 1 N–H and O–H groups in total. The van der Waals surface area contributed by atoms with Crippen molar-refractivity contribution in [2.24, 2.45) is 0 Å². The maximum Gasteiger partial charge on any atom is 0.338 e. The van der Waals surface area contributed by atoms with Crippen LogP contribution >= 0.6 is 11.6 Å². The van der Waals surface area contributed by atoms with Gasteiger partial charge in [0.1, 0.15) is 0 Å². The molecule has 0 bridgehead atoms. The van der Waals surface area contributed by atoms with Crippen molar-refractivity contribution in [3.8, 4) is 11.5 Å². The van der Waals surface area contributed by atoms with Crippen LogP contribution in [0.5, 0.6) is 11.5 Å². The third kappa shape index (κ3) is 5.98. The van der Waals surface area contributed by atoms with Gasteiger partial charge in [-0.05, 0) is 39.8 Å². The van der Waals surface area contributed by atoms with Crippen LogP contribution < -0.4 is 14.8 Å². The van der Waals surface area contributed by atoms with Gasteiger partial charge in [-0.2, -0.15) is 0 Å².